The summed E-state index contributed by atoms with van der Waals surface area (Å²) in [7, 11) is 0. The molecule has 1 atom stereocenters. The fourth-order valence-corrected chi connectivity index (χ4v) is 2.53. The number of hydrazine groups is 1. The van der Waals surface area contributed by atoms with Gasteiger partial charge in [-0.2, -0.15) is 0 Å². The Kier molecular flexibility index (Phi) is 5.33. The standard InChI is InChI=1S/C16H18BrFN2O/c1-10(2)21-12-6-3-5-11(9-12)16(20-19)13-7-4-8-14(17)15(13)18/h3-10,16,20H,19H2,1-2H3. The van der Waals surface area contributed by atoms with Crippen molar-refractivity contribution in [3.8, 4) is 5.75 Å². The van der Waals surface area contributed by atoms with Crippen LogP contribution in [0.2, 0.25) is 0 Å². The summed E-state index contributed by atoms with van der Waals surface area (Å²) in [4.78, 5) is 0. The number of halogens is 2. The van der Waals surface area contributed by atoms with Gasteiger partial charge in [0.05, 0.1) is 16.6 Å². The van der Waals surface area contributed by atoms with Crippen LogP contribution in [0, 0.1) is 5.82 Å². The molecule has 0 heterocycles. The fourth-order valence-electron chi connectivity index (χ4n) is 2.15. The second-order valence-electron chi connectivity index (χ2n) is 4.98. The highest BCUT2D eigenvalue weighted by Crippen LogP contribution is 2.29. The van der Waals surface area contributed by atoms with Gasteiger partial charge in [0.2, 0.25) is 0 Å². The molecule has 5 heteroatoms. The topological polar surface area (TPSA) is 47.3 Å². The summed E-state index contributed by atoms with van der Waals surface area (Å²) >= 11 is 3.20. The summed E-state index contributed by atoms with van der Waals surface area (Å²) in [6.07, 6.45) is 0.0761. The number of rotatable bonds is 5. The molecule has 3 N–H and O–H groups in total. The number of ether oxygens (including phenoxy) is 1. The molecule has 0 aromatic heterocycles. The van der Waals surface area contributed by atoms with Crippen LogP contribution in [0.5, 0.6) is 5.75 Å². The number of nitrogens with two attached hydrogens (primary N) is 1. The lowest BCUT2D eigenvalue weighted by Gasteiger charge is -2.19. The Morgan fingerprint density at radius 1 is 1.19 bits per heavy atom. The number of hydrogen-bond acceptors (Lipinski definition) is 3. The van der Waals surface area contributed by atoms with E-state index >= 15 is 0 Å². The second kappa shape index (κ2) is 7.02. The van der Waals surface area contributed by atoms with Gasteiger partial charge in [0, 0.05) is 5.56 Å². The molecule has 0 aliphatic carbocycles. The van der Waals surface area contributed by atoms with Crippen molar-refractivity contribution in [1.82, 2.24) is 5.43 Å². The molecule has 21 heavy (non-hydrogen) atoms. The summed E-state index contributed by atoms with van der Waals surface area (Å²) in [5, 5.41) is 0. The van der Waals surface area contributed by atoms with Crippen molar-refractivity contribution >= 4 is 15.9 Å². The Hall–Kier alpha value is -1.43. The van der Waals surface area contributed by atoms with E-state index in [-0.39, 0.29) is 11.9 Å². The first kappa shape index (κ1) is 15.9. The van der Waals surface area contributed by atoms with Gasteiger partial charge < -0.3 is 4.74 Å². The zero-order valence-electron chi connectivity index (χ0n) is 11.9. The van der Waals surface area contributed by atoms with Gasteiger partial charge in [-0.15, -0.1) is 0 Å². The van der Waals surface area contributed by atoms with Gasteiger partial charge in [-0.25, -0.2) is 9.82 Å². The molecule has 0 aliphatic heterocycles. The van der Waals surface area contributed by atoms with Gasteiger partial charge in [-0.1, -0.05) is 24.3 Å². The molecular weight excluding hydrogens is 335 g/mol. The molecule has 1 unspecified atom stereocenters. The van der Waals surface area contributed by atoms with E-state index in [1.54, 1.807) is 18.2 Å². The van der Waals surface area contributed by atoms with Crippen molar-refractivity contribution in [2.45, 2.75) is 26.0 Å². The maximum atomic E-state index is 14.3. The van der Waals surface area contributed by atoms with Gasteiger partial charge in [-0.3, -0.25) is 5.84 Å². The van der Waals surface area contributed by atoms with Crippen molar-refractivity contribution < 1.29 is 9.13 Å². The molecule has 0 saturated carbocycles. The van der Waals surface area contributed by atoms with Crippen molar-refractivity contribution in [3.63, 3.8) is 0 Å². The molecule has 0 spiro atoms. The van der Waals surface area contributed by atoms with Gasteiger partial charge >= 0.3 is 0 Å². The maximum Gasteiger partial charge on any atom is 0.142 e. The minimum absolute atomic E-state index is 0.0761. The van der Waals surface area contributed by atoms with E-state index in [0.717, 1.165) is 11.3 Å². The Morgan fingerprint density at radius 3 is 2.57 bits per heavy atom. The predicted molar refractivity (Wildman–Crippen MR) is 85.5 cm³/mol. The van der Waals surface area contributed by atoms with Crippen molar-refractivity contribution in [3.05, 3.63) is 63.9 Å². The lowest BCUT2D eigenvalue weighted by atomic mass is 9.98. The van der Waals surface area contributed by atoms with Crippen LogP contribution in [0.4, 0.5) is 4.39 Å². The number of hydrogen-bond donors (Lipinski definition) is 2. The highest BCUT2D eigenvalue weighted by atomic mass is 79.9. The average Bonchev–Trinajstić information content (AvgIpc) is 2.44. The fraction of sp³-hybridized carbons (Fsp3) is 0.250. The highest BCUT2D eigenvalue weighted by molar-refractivity contribution is 9.10. The molecule has 0 fully saturated rings. The lowest BCUT2D eigenvalue weighted by molar-refractivity contribution is 0.242. The van der Waals surface area contributed by atoms with Crippen molar-refractivity contribution in [2.75, 3.05) is 0 Å². The van der Waals surface area contributed by atoms with Gasteiger partial charge in [0.25, 0.3) is 0 Å². The lowest BCUT2D eigenvalue weighted by Crippen LogP contribution is -2.29. The van der Waals surface area contributed by atoms with Crippen LogP contribution in [0.15, 0.2) is 46.9 Å². The number of nitrogens with one attached hydrogen (secondary N) is 1. The molecule has 0 amide bonds. The maximum absolute atomic E-state index is 14.3. The van der Waals surface area contributed by atoms with Crippen LogP contribution in [-0.4, -0.2) is 6.10 Å². The summed E-state index contributed by atoms with van der Waals surface area (Å²) in [6, 6.07) is 12.2. The summed E-state index contributed by atoms with van der Waals surface area (Å²) in [5.41, 5.74) is 3.99. The van der Waals surface area contributed by atoms with E-state index in [1.807, 2.05) is 38.1 Å². The van der Waals surface area contributed by atoms with E-state index in [2.05, 4.69) is 21.4 Å². The van der Waals surface area contributed by atoms with Gasteiger partial charge in [0.1, 0.15) is 11.6 Å². The zero-order chi connectivity index (χ0) is 15.4. The van der Waals surface area contributed by atoms with E-state index in [1.165, 1.54) is 0 Å². The molecule has 2 rings (SSSR count). The molecule has 0 radical (unpaired) electrons. The minimum atomic E-state index is -0.446. The molecule has 0 bridgehead atoms. The zero-order valence-corrected chi connectivity index (χ0v) is 13.5. The van der Waals surface area contributed by atoms with Crippen LogP contribution in [0.3, 0.4) is 0 Å². The molecule has 0 aliphatic rings. The summed E-state index contributed by atoms with van der Waals surface area (Å²) in [5.74, 6) is 6.05. The molecule has 3 nitrogen and oxygen atoms in total. The third-order valence-corrected chi connectivity index (χ3v) is 3.63. The first-order valence-corrected chi connectivity index (χ1v) is 7.49. The summed E-state index contributed by atoms with van der Waals surface area (Å²) in [6.45, 7) is 3.92. The Morgan fingerprint density at radius 2 is 1.90 bits per heavy atom. The Bertz CT molecular complexity index is 619. The second-order valence-corrected chi connectivity index (χ2v) is 5.84. The monoisotopic (exact) mass is 352 g/mol. The Balaban J connectivity index is 2.39. The summed E-state index contributed by atoms with van der Waals surface area (Å²) < 4.78 is 20.3. The van der Waals surface area contributed by atoms with Crippen LogP contribution in [0.1, 0.15) is 31.0 Å². The smallest absolute Gasteiger partial charge is 0.142 e. The van der Waals surface area contributed by atoms with Crippen LogP contribution >= 0.6 is 15.9 Å². The van der Waals surface area contributed by atoms with Crippen molar-refractivity contribution in [2.24, 2.45) is 5.84 Å². The van der Waals surface area contributed by atoms with Gasteiger partial charge in [0.15, 0.2) is 0 Å². The van der Waals surface area contributed by atoms with E-state index < -0.39 is 6.04 Å². The van der Waals surface area contributed by atoms with E-state index in [0.29, 0.717) is 10.0 Å². The first-order valence-electron chi connectivity index (χ1n) is 6.69. The minimum Gasteiger partial charge on any atom is -0.491 e. The van der Waals surface area contributed by atoms with Crippen LogP contribution in [-0.2, 0) is 0 Å². The van der Waals surface area contributed by atoms with E-state index in [9.17, 15) is 4.39 Å². The number of benzene rings is 2. The molecule has 2 aromatic rings. The molecule has 112 valence electrons. The van der Waals surface area contributed by atoms with E-state index in [4.69, 9.17) is 10.6 Å². The molecule has 2 aromatic carbocycles. The quantitative estimate of drug-likeness (QED) is 0.633. The molecular formula is C16H18BrFN2O. The average molecular weight is 353 g/mol. The highest BCUT2D eigenvalue weighted by Gasteiger charge is 2.18. The first-order chi connectivity index (χ1) is 10.0. The normalized spacial score (nSPS) is 12.5. The molecule has 0 saturated heterocycles. The Labute approximate surface area is 132 Å². The van der Waals surface area contributed by atoms with Crippen molar-refractivity contribution in [1.29, 1.82) is 0 Å². The third kappa shape index (κ3) is 3.81. The SMILES string of the molecule is CC(C)Oc1cccc(C(NN)c2cccc(Br)c2F)c1. The third-order valence-electron chi connectivity index (χ3n) is 3.02. The largest absolute Gasteiger partial charge is 0.491 e. The van der Waals surface area contributed by atoms with Gasteiger partial charge in [-0.05, 0) is 53.5 Å². The van der Waals surface area contributed by atoms with Crippen LogP contribution in [0.25, 0.3) is 0 Å². The van der Waals surface area contributed by atoms with Crippen LogP contribution < -0.4 is 16.0 Å². The predicted octanol–water partition coefficient (Wildman–Crippen LogP) is 3.93.